The van der Waals surface area contributed by atoms with Crippen molar-refractivity contribution in [2.75, 3.05) is 0 Å². The van der Waals surface area contributed by atoms with Crippen LogP contribution in [0.3, 0.4) is 0 Å². The molecule has 10 rings (SSSR count). The van der Waals surface area contributed by atoms with Crippen molar-refractivity contribution >= 4 is 32.8 Å². The highest BCUT2D eigenvalue weighted by Gasteiger charge is 2.37. The fourth-order valence-electron chi connectivity index (χ4n) is 7.59. The molecule has 49 heavy (non-hydrogen) atoms. The van der Waals surface area contributed by atoms with Crippen molar-refractivity contribution in [3.05, 3.63) is 157 Å². The molecule has 3 aromatic heterocycles. The summed E-state index contributed by atoms with van der Waals surface area (Å²) in [5, 5.41) is 3.44. The highest BCUT2D eigenvalue weighted by atomic mass is 16.3. The Bertz CT molecular complexity index is 2650. The summed E-state index contributed by atoms with van der Waals surface area (Å²) in [6.07, 6.45) is 0. The van der Waals surface area contributed by atoms with E-state index in [0.29, 0.717) is 17.6 Å². The maximum absolute atomic E-state index is 6.28. The van der Waals surface area contributed by atoms with Crippen LogP contribution in [0, 0.1) is 0 Å². The summed E-state index contributed by atoms with van der Waals surface area (Å²) in [7, 11) is 0. The van der Waals surface area contributed by atoms with Crippen LogP contribution in [0.5, 0.6) is 0 Å². The van der Waals surface area contributed by atoms with Gasteiger partial charge in [0.25, 0.3) is 0 Å². The zero-order valence-corrected chi connectivity index (χ0v) is 27.1. The van der Waals surface area contributed by atoms with Crippen LogP contribution >= 0.6 is 0 Å². The van der Waals surface area contributed by atoms with Gasteiger partial charge in [0.1, 0.15) is 11.3 Å². The number of para-hydroxylation sites is 2. The molecular formula is C44H30N4O. The number of furan rings is 1. The molecule has 1 aliphatic rings. The number of nitrogens with zero attached hydrogens (tertiary/aromatic N) is 4. The van der Waals surface area contributed by atoms with Crippen molar-refractivity contribution in [2.45, 2.75) is 19.3 Å². The molecule has 0 bridgehead atoms. The van der Waals surface area contributed by atoms with Gasteiger partial charge in [-0.3, -0.25) is 4.57 Å². The Morgan fingerprint density at radius 3 is 1.90 bits per heavy atom. The van der Waals surface area contributed by atoms with E-state index < -0.39 is 0 Å². The van der Waals surface area contributed by atoms with Gasteiger partial charge in [-0.25, -0.2) is 4.98 Å². The van der Waals surface area contributed by atoms with Crippen LogP contribution < -0.4 is 0 Å². The van der Waals surface area contributed by atoms with Crippen LogP contribution in [0.1, 0.15) is 25.0 Å². The minimum absolute atomic E-state index is 0.244. The highest BCUT2D eigenvalue weighted by Crippen LogP contribution is 2.52. The first-order valence-electron chi connectivity index (χ1n) is 16.6. The second-order valence-corrected chi connectivity index (χ2v) is 13.3. The number of fused-ring (bicyclic) bond motifs is 7. The minimum atomic E-state index is -0.244. The zero-order chi connectivity index (χ0) is 32.7. The molecule has 0 amide bonds. The molecule has 6 aromatic carbocycles. The van der Waals surface area contributed by atoms with E-state index in [9.17, 15) is 0 Å². The Labute approximate surface area is 283 Å². The number of hydrogen-bond acceptors (Lipinski definition) is 4. The molecule has 9 aromatic rings. The van der Waals surface area contributed by atoms with Gasteiger partial charge in [0.2, 0.25) is 5.95 Å². The van der Waals surface area contributed by atoms with Gasteiger partial charge in [0.15, 0.2) is 11.6 Å². The summed E-state index contributed by atoms with van der Waals surface area (Å²) >= 11 is 0. The van der Waals surface area contributed by atoms with Gasteiger partial charge in [-0.15, -0.1) is 0 Å². The Hall–Kier alpha value is -6.33. The number of rotatable bonds is 4. The zero-order valence-electron chi connectivity index (χ0n) is 27.1. The van der Waals surface area contributed by atoms with E-state index in [2.05, 4.69) is 85.1 Å². The van der Waals surface area contributed by atoms with Crippen LogP contribution in [0.15, 0.2) is 150 Å². The molecule has 0 radical (unpaired) electrons. The molecule has 0 saturated carbocycles. The lowest BCUT2D eigenvalue weighted by molar-refractivity contribution is 0.630. The number of benzene rings is 6. The monoisotopic (exact) mass is 630 g/mol. The van der Waals surface area contributed by atoms with E-state index in [1.807, 2.05) is 78.9 Å². The van der Waals surface area contributed by atoms with E-state index in [0.717, 1.165) is 49.8 Å². The first-order chi connectivity index (χ1) is 24.0. The predicted molar refractivity (Wildman–Crippen MR) is 198 cm³/mol. The smallest absolute Gasteiger partial charge is 0.238 e. The van der Waals surface area contributed by atoms with E-state index >= 15 is 0 Å². The van der Waals surface area contributed by atoms with E-state index in [4.69, 9.17) is 19.4 Å². The largest absolute Gasteiger partial charge is 0.456 e. The van der Waals surface area contributed by atoms with Crippen LogP contribution in [0.4, 0.5) is 0 Å². The van der Waals surface area contributed by atoms with Gasteiger partial charge in [-0.2, -0.15) is 9.97 Å². The average molecular weight is 631 g/mol. The fourth-order valence-corrected chi connectivity index (χ4v) is 7.59. The number of aromatic nitrogens is 4. The fraction of sp³-hybridized carbons (Fsp3) is 0.0682. The van der Waals surface area contributed by atoms with Crippen LogP contribution in [-0.2, 0) is 5.41 Å². The molecule has 1 aliphatic carbocycles. The summed E-state index contributed by atoms with van der Waals surface area (Å²) in [4.78, 5) is 15.2. The van der Waals surface area contributed by atoms with Gasteiger partial charge < -0.3 is 4.42 Å². The van der Waals surface area contributed by atoms with Crippen LogP contribution in [0.25, 0.3) is 83.9 Å². The first kappa shape index (κ1) is 27.8. The van der Waals surface area contributed by atoms with Crippen molar-refractivity contribution < 1.29 is 4.42 Å². The lowest BCUT2D eigenvalue weighted by atomic mass is 9.81. The molecule has 0 atom stereocenters. The number of hydrogen-bond donors (Lipinski definition) is 0. The van der Waals surface area contributed by atoms with Gasteiger partial charge in [0.05, 0.1) is 11.0 Å². The Morgan fingerprint density at radius 1 is 0.510 bits per heavy atom. The summed E-state index contributed by atoms with van der Waals surface area (Å²) in [5.41, 5.74) is 10.9. The second-order valence-electron chi connectivity index (χ2n) is 13.3. The summed E-state index contributed by atoms with van der Waals surface area (Å²) in [5.74, 6) is 2.76. The third-order valence-electron chi connectivity index (χ3n) is 10.1. The van der Waals surface area contributed by atoms with Gasteiger partial charge in [-0.1, -0.05) is 123 Å². The Morgan fingerprint density at radius 2 is 1.16 bits per heavy atom. The molecule has 0 spiro atoms. The molecule has 0 fully saturated rings. The Balaban J connectivity index is 1.20. The average Bonchev–Trinajstić information content (AvgIpc) is 3.80. The van der Waals surface area contributed by atoms with Crippen LogP contribution in [0.2, 0.25) is 0 Å². The van der Waals surface area contributed by atoms with Crippen molar-refractivity contribution in [3.8, 4) is 51.2 Å². The van der Waals surface area contributed by atoms with Crippen molar-refractivity contribution in [1.29, 1.82) is 0 Å². The summed E-state index contributed by atoms with van der Waals surface area (Å²) in [6, 6.07) is 50.7. The molecule has 0 N–H and O–H groups in total. The van der Waals surface area contributed by atoms with E-state index in [1.54, 1.807) is 0 Å². The second kappa shape index (κ2) is 10.3. The normalized spacial score (nSPS) is 13.3. The van der Waals surface area contributed by atoms with Gasteiger partial charge in [-0.05, 0) is 58.7 Å². The molecule has 5 heteroatoms. The molecule has 0 aliphatic heterocycles. The highest BCUT2D eigenvalue weighted by molar-refractivity contribution is 6.11. The SMILES string of the molecule is CC1(C)c2cc(-c3cc4ccccc4o3)ccc2-c2cc3c4ccccc4n(-c4nc(-c5ccccc5)nc(-c5ccccc5)n4)c3cc21. The predicted octanol–water partition coefficient (Wildman–Crippen LogP) is 11.0. The maximum atomic E-state index is 6.28. The Kier molecular flexibility index (Phi) is 5.85. The van der Waals surface area contributed by atoms with Crippen molar-refractivity contribution in [2.24, 2.45) is 0 Å². The molecular weight excluding hydrogens is 601 g/mol. The third kappa shape index (κ3) is 4.22. The standard InChI is InChI=1S/C44H30N4O/c1-44(2)35-23-30(40-24-29-17-9-12-20-39(29)49-40)21-22-31(35)33-25-34-32-18-10-11-19-37(32)48(38(34)26-36(33)44)43-46-41(27-13-5-3-6-14-27)45-42(47-43)28-15-7-4-8-16-28/h3-26H,1-2H3. The molecule has 232 valence electrons. The van der Waals surface area contributed by atoms with Crippen molar-refractivity contribution in [1.82, 2.24) is 19.5 Å². The van der Waals surface area contributed by atoms with Crippen molar-refractivity contribution in [3.63, 3.8) is 0 Å². The third-order valence-corrected chi connectivity index (χ3v) is 10.1. The summed E-state index contributed by atoms with van der Waals surface area (Å²) < 4.78 is 8.50. The van der Waals surface area contributed by atoms with Crippen LogP contribution in [-0.4, -0.2) is 19.5 Å². The van der Waals surface area contributed by atoms with E-state index in [-0.39, 0.29) is 5.41 Å². The molecule has 0 saturated heterocycles. The summed E-state index contributed by atoms with van der Waals surface area (Å²) in [6.45, 7) is 4.64. The molecule has 5 nitrogen and oxygen atoms in total. The lowest BCUT2D eigenvalue weighted by Crippen LogP contribution is -2.15. The quantitative estimate of drug-likeness (QED) is 0.194. The molecule has 3 heterocycles. The van der Waals surface area contributed by atoms with E-state index in [1.165, 1.54) is 27.6 Å². The minimum Gasteiger partial charge on any atom is -0.456 e. The lowest BCUT2D eigenvalue weighted by Gasteiger charge is -2.22. The van der Waals surface area contributed by atoms with Gasteiger partial charge in [0, 0.05) is 38.3 Å². The topological polar surface area (TPSA) is 56.7 Å². The van der Waals surface area contributed by atoms with Gasteiger partial charge >= 0.3 is 0 Å². The maximum Gasteiger partial charge on any atom is 0.238 e. The first-order valence-corrected chi connectivity index (χ1v) is 16.6. The molecule has 0 unspecified atom stereocenters.